The molecule has 4 heterocycles. The van der Waals surface area contributed by atoms with Gasteiger partial charge in [0.05, 0.1) is 19.7 Å². The molecule has 5 rings (SSSR count). The molecule has 3 saturated heterocycles. The number of nitrogens with zero attached hydrogens (tertiary/aromatic N) is 2. The van der Waals surface area contributed by atoms with E-state index >= 15 is 0 Å². The number of carbonyl (C=O) groups is 2. The van der Waals surface area contributed by atoms with E-state index in [2.05, 4.69) is 0 Å². The zero-order valence-electron chi connectivity index (χ0n) is 16.3. The molecule has 28 heavy (non-hydrogen) atoms. The maximum atomic E-state index is 12.8. The van der Waals surface area contributed by atoms with Gasteiger partial charge in [-0.25, -0.2) is 0 Å². The molecule has 4 aliphatic rings. The van der Waals surface area contributed by atoms with E-state index in [1.165, 1.54) is 0 Å². The zero-order chi connectivity index (χ0) is 19.1. The van der Waals surface area contributed by atoms with Gasteiger partial charge in [-0.3, -0.25) is 9.59 Å². The van der Waals surface area contributed by atoms with Gasteiger partial charge in [-0.2, -0.15) is 0 Å². The van der Waals surface area contributed by atoms with Gasteiger partial charge in [0.15, 0.2) is 6.10 Å². The molecule has 2 amide bonds. The maximum Gasteiger partial charge on any atom is 0.264 e. The minimum Gasteiger partial charge on any atom is -0.480 e. The van der Waals surface area contributed by atoms with Gasteiger partial charge in [-0.05, 0) is 37.3 Å². The summed E-state index contributed by atoms with van der Waals surface area (Å²) in [6.45, 7) is 3.74. The normalized spacial score (nSPS) is 28.6. The SMILES string of the molecule is O=C1CCCCN1CC1CCC2(CN(C(=O)C3Cc4ccccc4O3)C2)OC1. The van der Waals surface area contributed by atoms with Crippen molar-refractivity contribution in [3.63, 3.8) is 0 Å². The molecule has 3 fully saturated rings. The first-order valence-corrected chi connectivity index (χ1v) is 10.6. The molecule has 0 aliphatic carbocycles. The number of carbonyl (C=O) groups excluding carboxylic acids is 2. The summed E-state index contributed by atoms with van der Waals surface area (Å²) in [5.74, 6) is 1.63. The Morgan fingerprint density at radius 2 is 2.07 bits per heavy atom. The van der Waals surface area contributed by atoms with E-state index in [0.29, 0.717) is 44.4 Å². The van der Waals surface area contributed by atoms with Crippen molar-refractivity contribution in [2.24, 2.45) is 5.92 Å². The van der Waals surface area contributed by atoms with Crippen LogP contribution in [0.2, 0.25) is 0 Å². The van der Waals surface area contributed by atoms with Gasteiger partial charge in [-0.15, -0.1) is 0 Å². The minimum atomic E-state index is -0.392. The van der Waals surface area contributed by atoms with Gasteiger partial charge in [0.1, 0.15) is 11.4 Å². The summed E-state index contributed by atoms with van der Waals surface area (Å²) in [5, 5.41) is 0. The molecule has 0 radical (unpaired) electrons. The van der Waals surface area contributed by atoms with Crippen LogP contribution in [0.3, 0.4) is 0 Å². The number of piperidine rings is 1. The van der Waals surface area contributed by atoms with Gasteiger partial charge < -0.3 is 19.3 Å². The van der Waals surface area contributed by atoms with Crippen LogP contribution in [0.5, 0.6) is 5.75 Å². The Labute approximate surface area is 165 Å². The molecule has 2 unspecified atom stereocenters. The summed E-state index contributed by atoms with van der Waals surface area (Å²) in [5.41, 5.74) is 0.934. The Balaban J connectivity index is 1.10. The van der Waals surface area contributed by atoms with Crippen LogP contribution in [0.1, 0.15) is 37.7 Å². The fourth-order valence-corrected chi connectivity index (χ4v) is 5.01. The number of likely N-dealkylation sites (tertiary alicyclic amines) is 2. The molecule has 1 aromatic carbocycles. The molecule has 2 atom stereocenters. The highest BCUT2D eigenvalue weighted by molar-refractivity contribution is 5.83. The number of hydrogen-bond acceptors (Lipinski definition) is 4. The van der Waals surface area contributed by atoms with Crippen molar-refractivity contribution in [3.8, 4) is 5.75 Å². The summed E-state index contributed by atoms with van der Waals surface area (Å²) in [6.07, 6.45) is 5.14. The van der Waals surface area contributed by atoms with Crippen molar-refractivity contribution in [2.75, 3.05) is 32.8 Å². The number of para-hydroxylation sites is 1. The number of benzene rings is 1. The van der Waals surface area contributed by atoms with Crippen LogP contribution in [0, 0.1) is 5.92 Å². The predicted molar refractivity (Wildman–Crippen MR) is 103 cm³/mol. The summed E-state index contributed by atoms with van der Waals surface area (Å²) in [4.78, 5) is 28.7. The molecule has 150 valence electrons. The molecule has 4 aliphatic heterocycles. The second-order valence-corrected chi connectivity index (χ2v) is 8.81. The van der Waals surface area contributed by atoms with Gasteiger partial charge >= 0.3 is 0 Å². The van der Waals surface area contributed by atoms with Crippen molar-refractivity contribution in [1.29, 1.82) is 0 Å². The average Bonchev–Trinajstić information content (AvgIpc) is 3.12. The van der Waals surface area contributed by atoms with E-state index in [0.717, 1.165) is 50.1 Å². The molecule has 1 aromatic rings. The number of ether oxygens (including phenoxy) is 2. The molecular weight excluding hydrogens is 356 g/mol. The third kappa shape index (κ3) is 3.28. The van der Waals surface area contributed by atoms with Gasteiger partial charge in [0, 0.05) is 31.8 Å². The molecule has 0 saturated carbocycles. The fraction of sp³-hybridized carbons (Fsp3) is 0.636. The van der Waals surface area contributed by atoms with E-state index in [9.17, 15) is 9.59 Å². The van der Waals surface area contributed by atoms with E-state index in [1.807, 2.05) is 34.1 Å². The van der Waals surface area contributed by atoms with Gasteiger partial charge in [0.25, 0.3) is 5.91 Å². The highest BCUT2D eigenvalue weighted by atomic mass is 16.5. The van der Waals surface area contributed by atoms with Crippen LogP contribution in [0.25, 0.3) is 0 Å². The average molecular weight is 384 g/mol. The predicted octanol–water partition coefficient (Wildman–Crippen LogP) is 2.01. The summed E-state index contributed by atoms with van der Waals surface area (Å²) >= 11 is 0. The monoisotopic (exact) mass is 384 g/mol. The van der Waals surface area contributed by atoms with Crippen LogP contribution in [-0.4, -0.2) is 66.1 Å². The second-order valence-electron chi connectivity index (χ2n) is 8.81. The first-order chi connectivity index (χ1) is 13.6. The Morgan fingerprint density at radius 1 is 1.21 bits per heavy atom. The van der Waals surface area contributed by atoms with Crippen molar-refractivity contribution in [3.05, 3.63) is 29.8 Å². The van der Waals surface area contributed by atoms with E-state index in [4.69, 9.17) is 9.47 Å². The van der Waals surface area contributed by atoms with Crippen molar-refractivity contribution in [2.45, 2.75) is 50.2 Å². The van der Waals surface area contributed by atoms with E-state index in [-0.39, 0.29) is 11.5 Å². The first kappa shape index (κ1) is 18.0. The first-order valence-electron chi connectivity index (χ1n) is 10.6. The standard InChI is InChI=1S/C22H28N2O4/c25-20-7-3-4-10-23(20)12-16-8-9-22(27-13-16)14-24(15-22)21(26)19-11-17-5-1-2-6-18(17)28-19/h1-2,5-6,16,19H,3-4,7-15H2. The number of hydrogen-bond donors (Lipinski definition) is 0. The third-order valence-corrected chi connectivity index (χ3v) is 6.73. The second kappa shape index (κ2) is 7.07. The Hall–Kier alpha value is -2.08. The fourth-order valence-electron chi connectivity index (χ4n) is 5.01. The van der Waals surface area contributed by atoms with Crippen molar-refractivity contribution in [1.82, 2.24) is 9.80 Å². The lowest BCUT2D eigenvalue weighted by Crippen LogP contribution is -2.68. The largest absolute Gasteiger partial charge is 0.480 e. The molecule has 0 aromatic heterocycles. The number of fused-ring (bicyclic) bond motifs is 1. The molecule has 6 heteroatoms. The van der Waals surface area contributed by atoms with Crippen LogP contribution in [-0.2, 0) is 20.7 Å². The summed E-state index contributed by atoms with van der Waals surface area (Å²) in [6, 6.07) is 7.88. The van der Waals surface area contributed by atoms with Crippen LogP contribution in [0.4, 0.5) is 0 Å². The Morgan fingerprint density at radius 3 is 2.82 bits per heavy atom. The molecular formula is C22H28N2O4. The third-order valence-electron chi connectivity index (χ3n) is 6.73. The molecule has 0 bridgehead atoms. The lowest BCUT2D eigenvalue weighted by Gasteiger charge is -2.53. The van der Waals surface area contributed by atoms with Crippen LogP contribution >= 0.6 is 0 Å². The van der Waals surface area contributed by atoms with Crippen molar-refractivity contribution >= 4 is 11.8 Å². The lowest BCUT2D eigenvalue weighted by atomic mass is 9.82. The maximum absolute atomic E-state index is 12.8. The summed E-state index contributed by atoms with van der Waals surface area (Å²) in [7, 11) is 0. The number of amides is 2. The lowest BCUT2D eigenvalue weighted by molar-refractivity contribution is -0.193. The van der Waals surface area contributed by atoms with Gasteiger partial charge in [-0.1, -0.05) is 18.2 Å². The highest BCUT2D eigenvalue weighted by Gasteiger charge is 2.50. The topological polar surface area (TPSA) is 59.1 Å². The minimum absolute atomic E-state index is 0.0754. The molecule has 1 spiro atoms. The van der Waals surface area contributed by atoms with Gasteiger partial charge in [0.2, 0.25) is 5.91 Å². The number of rotatable bonds is 3. The summed E-state index contributed by atoms with van der Waals surface area (Å²) < 4.78 is 12.1. The molecule has 0 N–H and O–H groups in total. The quantitative estimate of drug-likeness (QED) is 0.800. The van der Waals surface area contributed by atoms with Crippen LogP contribution in [0.15, 0.2) is 24.3 Å². The zero-order valence-corrected chi connectivity index (χ0v) is 16.3. The highest BCUT2D eigenvalue weighted by Crippen LogP contribution is 2.38. The van der Waals surface area contributed by atoms with Crippen LogP contribution < -0.4 is 4.74 Å². The van der Waals surface area contributed by atoms with E-state index < -0.39 is 6.10 Å². The Kier molecular flexibility index (Phi) is 4.54. The molecule has 6 nitrogen and oxygen atoms in total. The Bertz CT molecular complexity index is 739. The smallest absolute Gasteiger partial charge is 0.264 e. The van der Waals surface area contributed by atoms with Crippen molar-refractivity contribution < 1.29 is 19.1 Å². The van der Waals surface area contributed by atoms with E-state index in [1.54, 1.807) is 0 Å².